The number of aromatic nitrogens is 2. The van der Waals surface area contributed by atoms with Gasteiger partial charge in [-0.2, -0.15) is 5.10 Å². The van der Waals surface area contributed by atoms with Gasteiger partial charge in [0.15, 0.2) is 5.69 Å². The number of esters is 1. The zero-order valence-corrected chi connectivity index (χ0v) is 8.07. The van der Waals surface area contributed by atoms with Crippen LogP contribution in [0, 0.1) is 6.92 Å². The van der Waals surface area contributed by atoms with Crippen LogP contribution in [0.5, 0.6) is 0 Å². The van der Waals surface area contributed by atoms with E-state index in [9.17, 15) is 9.59 Å². The summed E-state index contributed by atoms with van der Waals surface area (Å²) in [5.41, 5.74) is 0.338. The zero-order valence-electron chi connectivity index (χ0n) is 8.07. The maximum Gasteiger partial charge on any atom is 0.358 e. The first-order valence-electron chi connectivity index (χ1n) is 3.84. The second kappa shape index (κ2) is 3.49. The number of rotatable bonds is 2. The summed E-state index contributed by atoms with van der Waals surface area (Å²) in [5.74, 6) is -1.75. The molecule has 0 saturated carbocycles. The molecule has 0 aliphatic rings. The standard InChI is InChI=1S/C8H10N2O4/c1-4-5(8(13)14-3)9-10(2)6(4)7(11)12/h1-3H3,(H,11,12). The Kier molecular flexibility index (Phi) is 2.55. The molecule has 1 aromatic rings. The number of nitrogens with zero attached hydrogens (tertiary/aromatic N) is 2. The van der Waals surface area contributed by atoms with Crippen LogP contribution in [0.15, 0.2) is 0 Å². The normalized spacial score (nSPS) is 9.93. The second-order valence-corrected chi connectivity index (χ2v) is 2.74. The monoisotopic (exact) mass is 198 g/mol. The van der Waals surface area contributed by atoms with Crippen LogP contribution in [0.25, 0.3) is 0 Å². The van der Waals surface area contributed by atoms with Crippen LogP contribution in [0.3, 0.4) is 0 Å². The Morgan fingerprint density at radius 1 is 1.50 bits per heavy atom. The van der Waals surface area contributed by atoms with E-state index in [2.05, 4.69) is 9.84 Å². The van der Waals surface area contributed by atoms with Crippen LogP contribution < -0.4 is 0 Å². The minimum absolute atomic E-state index is 0.00889. The molecule has 0 aromatic carbocycles. The van der Waals surface area contributed by atoms with Crippen LogP contribution in [0.4, 0.5) is 0 Å². The summed E-state index contributed by atoms with van der Waals surface area (Å²) in [7, 11) is 2.68. The van der Waals surface area contributed by atoms with Crippen molar-refractivity contribution < 1.29 is 19.4 Å². The number of ether oxygens (including phenoxy) is 1. The van der Waals surface area contributed by atoms with Gasteiger partial charge in [0.05, 0.1) is 7.11 Å². The van der Waals surface area contributed by atoms with Crippen molar-refractivity contribution in [1.29, 1.82) is 0 Å². The Morgan fingerprint density at radius 3 is 2.43 bits per heavy atom. The highest BCUT2D eigenvalue weighted by molar-refractivity contribution is 5.95. The zero-order chi connectivity index (χ0) is 10.9. The summed E-state index contributed by atoms with van der Waals surface area (Å²) in [6.45, 7) is 1.52. The van der Waals surface area contributed by atoms with Crippen molar-refractivity contribution in [3.63, 3.8) is 0 Å². The number of carbonyl (C=O) groups excluding carboxylic acids is 1. The first kappa shape index (κ1) is 10.2. The van der Waals surface area contributed by atoms with Gasteiger partial charge in [0, 0.05) is 12.6 Å². The predicted octanol–water partition coefficient (Wildman–Crippen LogP) is 0.213. The van der Waals surface area contributed by atoms with Crippen LogP contribution in [-0.4, -0.2) is 33.9 Å². The highest BCUT2D eigenvalue weighted by atomic mass is 16.5. The van der Waals surface area contributed by atoms with Crippen LogP contribution in [0.1, 0.15) is 26.5 Å². The molecule has 1 aromatic heterocycles. The van der Waals surface area contributed by atoms with Gasteiger partial charge in [0.25, 0.3) is 0 Å². The topological polar surface area (TPSA) is 81.4 Å². The molecule has 0 radical (unpaired) electrons. The van der Waals surface area contributed by atoms with Crippen molar-refractivity contribution in [3.8, 4) is 0 Å². The minimum atomic E-state index is -1.12. The molecule has 0 atom stereocenters. The van der Waals surface area contributed by atoms with Gasteiger partial charge in [-0.1, -0.05) is 0 Å². The number of hydrogen-bond donors (Lipinski definition) is 1. The molecule has 76 valence electrons. The molecule has 6 nitrogen and oxygen atoms in total. The molecule has 0 fully saturated rings. The SMILES string of the molecule is COC(=O)c1nn(C)c(C(=O)O)c1C. The van der Waals surface area contributed by atoms with Gasteiger partial charge in [0.1, 0.15) is 5.69 Å². The predicted molar refractivity (Wildman–Crippen MR) is 46.2 cm³/mol. The van der Waals surface area contributed by atoms with Crippen molar-refractivity contribution in [1.82, 2.24) is 9.78 Å². The van der Waals surface area contributed by atoms with Gasteiger partial charge in [-0.15, -0.1) is 0 Å². The fourth-order valence-corrected chi connectivity index (χ4v) is 1.22. The summed E-state index contributed by atoms with van der Waals surface area (Å²) < 4.78 is 5.60. The lowest BCUT2D eigenvalue weighted by Crippen LogP contribution is -2.06. The third kappa shape index (κ3) is 1.46. The molecule has 0 aliphatic heterocycles. The summed E-state index contributed by atoms with van der Waals surface area (Å²) in [6, 6.07) is 0. The van der Waals surface area contributed by atoms with E-state index in [0.717, 1.165) is 4.68 Å². The van der Waals surface area contributed by atoms with Gasteiger partial charge in [-0.3, -0.25) is 4.68 Å². The van der Waals surface area contributed by atoms with Crippen molar-refractivity contribution in [3.05, 3.63) is 17.0 Å². The first-order chi connectivity index (χ1) is 6.49. The molecule has 0 spiro atoms. The maximum atomic E-state index is 11.1. The fourth-order valence-electron chi connectivity index (χ4n) is 1.22. The Hall–Kier alpha value is -1.85. The molecule has 0 saturated heterocycles. The van der Waals surface area contributed by atoms with Crippen LogP contribution in [0.2, 0.25) is 0 Å². The summed E-state index contributed by atoms with van der Waals surface area (Å²) in [6.07, 6.45) is 0. The summed E-state index contributed by atoms with van der Waals surface area (Å²) in [5, 5.41) is 12.6. The van der Waals surface area contributed by atoms with Crippen molar-refractivity contribution in [2.75, 3.05) is 7.11 Å². The van der Waals surface area contributed by atoms with Crippen molar-refractivity contribution >= 4 is 11.9 Å². The third-order valence-electron chi connectivity index (χ3n) is 1.87. The van der Waals surface area contributed by atoms with E-state index in [1.165, 1.54) is 21.1 Å². The average Bonchev–Trinajstić information content (AvgIpc) is 2.40. The number of methoxy groups -OCH3 is 1. The molecule has 0 amide bonds. The van der Waals surface area contributed by atoms with Gasteiger partial charge < -0.3 is 9.84 Å². The molecule has 14 heavy (non-hydrogen) atoms. The minimum Gasteiger partial charge on any atom is -0.477 e. The number of carboxylic acids is 1. The van der Waals surface area contributed by atoms with Crippen molar-refractivity contribution in [2.45, 2.75) is 6.92 Å². The number of carboxylic acid groups (broad SMARTS) is 1. The lowest BCUT2D eigenvalue weighted by atomic mass is 10.2. The molecule has 1 N–H and O–H groups in total. The van der Waals surface area contributed by atoms with E-state index >= 15 is 0 Å². The van der Waals surface area contributed by atoms with Gasteiger partial charge in [-0.25, -0.2) is 9.59 Å². The van der Waals surface area contributed by atoms with E-state index in [1.54, 1.807) is 0 Å². The van der Waals surface area contributed by atoms with E-state index < -0.39 is 11.9 Å². The number of carbonyl (C=O) groups is 2. The Labute approximate surface area is 80.1 Å². The molecule has 0 unspecified atom stereocenters. The number of aromatic carboxylic acids is 1. The Morgan fingerprint density at radius 2 is 2.07 bits per heavy atom. The highest BCUT2D eigenvalue weighted by Gasteiger charge is 2.22. The molecular weight excluding hydrogens is 188 g/mol. The number of aryl methyl sites for hydroxylation is 1. The van der Waals surface area contributed by atoms with Crippen LogP contribution in [-0.2, 0) is 11.8 Å². The molecule has 1 rings (SSSR count). The Balaban J connectivity index is 3.30. The lowest BCUT2D eigenvalue weighted by Gasteiger charge is -1.95. The van der Waals surface area contributed by atoms with Crippen molar-refractivity contribution in [2.24, 2.45) is 7.05 Å². The van der Waals surface area contributed by atoms with E-state index in [4.69, 9.17) is 5.11 Å². The second-order valence-electron chi connectivity index (χ2n) is 2.74. The van der Waals surface area contributed by atoms with Gasteiger partial charge in [-0.05, 0) is 6.92 Å². The molecule has 6 heteroatoms. The molecule has 0 aliphatic carbocycles. The average molecular weight is 198 g/mol. The lowest BCUT2D eigenvalue weighted by molar-refractivity contribution is 0.0591. The Bertz CT molecular complexity index is 394. The number of hydrogen-bond acceptors (Lipinski definition) is 4. The summed E-state index contributed by atoms with van der Waals surface area (Å²) >= 11 is 0. The maximum absolute atomic E-state index is 11.1. The quantitative estimate of drug-likeness (QED) is 0.687. The first-order valence-corrected chi connectivity index (χ1v) is 3.84. The van der Waals surface area contributed by atoms with E-state index in [-0.39, 0.29) is 11.4 Å². The van der Waals surface area contributed by atoms with Gasteiger partial charge in [0.2, 0.25) is 0 Å². The molecular formula is C8H10N2O4. The smallest absolute Gasteiger partial charge is 0.358 e. The fraction of sp³-hybridized carbons (Fsp3) is 0.375. The van der Waals surface area contributed by atoms with Crippen LogP contribution >= 0.6 is 0 Å². The van der Waals surface area contributed by atoms with E-state index in [0.29, 0.717) is 5.56 Å². The molecule has 0 bridgehead atoms. The largest absolute Gasteiger partial charge is 0.477 e. The summed E-state index contributed by atoms with van der Waals surface area (Å²) in [4.78, 5) is 21.9. The van der Waals surface area contributed by atoms with E-state index in [1.807, 2.05) is 0 Å². The van der Waals surface area contributed by atoms with Gasteiger partial charge >= 0.3 is 11.9 Å². The third-order valence-corrected chi connectivity index (χ3v) is 1.87. The molecule has 1 heterocycles. The highest BCUT2D eigenvalue weighted by Crippen LogP contribution is 2.12.